The number of nitriles is 1. The summed E-state index contributed by atoms with van der Waals surface area (Å²) in [5.74, 6) is 0.381. The molecule has 74 valence electrons. The van der Waals surface area contributed by atoms with Gasteiger partial charge in [0.1, 0.15) is 10.9 Å². The number of rotatable bonds is 1. The van der Waals surface area contributed by atoms with Crippen LogP contribution in [-0.4, -0.2) is 15.0 Å². The highest BCUT2D eigenvalue weighted by Crippen LogP contribution is 2.25. The van der Waals surface area contributed by atoms with E-state index in [1.807, 2.05) is 6.07 Å². The first-order valence-corrected chi connectivity index (χ1v) is 5.33. The molecule has 2 heterocycles. The minimum Gasteiger partial charge on any atom is -0.197 e. The Balaban J connectivity index is 2.50. The quantitative estimate of drug-likeness (QED) is 0.787. The Morgan fingerprint density at radius 3 is 2.33 bits per heavy atom. The molecule has 0 aliphatic rings. The lowest BCUT2D eigenvalue weighted by Gasteiger charge is -1.96. The molecule has 4 nitrogen and oxygen atoms in total. The van der Waals surface area contributed by atoms with Gasteiger partial charge in [-0.3, -0.25) is 0 Å². The van der Waals surface area contributed by atoms with Gasteiger partial charge in [-0.05, 0) is 35.3 Å². The molecule has 0 unspecified atom stereocenters. The Kier molecular flexibility index (Phi) is 2.82. The maximum absolute atomic E-state index is 8.66. The average molecular weight is 257 g/mol. The van der Waals surface area contributed by atoms with Crippen molar-refractivity contribution in [2.45, 2.75) is 0 Å². The zero-order valence-electron chi connectivity index (χ0n) is 7.11. The van der Waals surface area contributed by atoms with E-state index < -0.39 is 0 Å². The average Bonchev–Trinajstić information content (AvgIpc) is 2.64. The minimum absolute atomic E-state index is 0.0388. The third kappa shape index (κ3) is 2.23. The van der Waals surface area contributed by atoms with Crippen LogP contribution in [0.15, 0.2) is 12.1 Å². The summed E-state index contributed by atoms with van der Waals surface area (Å²) >= 11 is 12.5. The monoisotopic (exact) mass is 256 g/mol. The number of thiophene rings is 1. The summed E-state index contributed by atoms with van der Waals surface area (Å²) in [6, 6.07) is 5.46. The van der Waals surface area contributed by atoms with Crippen molar-refractivity contribution in [2.75, 3.05) is 0 Å². The SMILES string of the molecule is N#Cc1ccc(-c2nc(Cl)nc(Cl)n2)s1. The van der Waals surface area contributed by atoms with Crippen LogP contribution in [0.5, 0.6) is 0 Å². The molecular formula is C8H2Cl2N4S. The van der Waals surface area contributed by atoms with Gasteiger partial charge in [-0.1, -0.05) is 0 Å². The molecule has 0 bridgehead atoms. The van der Waals surface area contributed by atoms with Gasteiger partial charge in [-0.15, -0.1) is 11.3 Å². The molecule has 7 heteroatoms. The van der Waals surface area contributed by atoms with E-state index >= 15 is 0 Å². The number of halogens is 2. The molecule has 0 aliphatic heterocycles. The first-order valence-electron chi connectivity index (χ1n) is 3.76. The summed E-state index contributed by atoms with van der Waals surface area (Å²) in [7, 11) is 0. The van der Waals surface area contributed by atoms with Gasteiger partial charge in [0, 0.05) is 0 Å². The fourth-order valence-electron chi connectivity index (χ4n) is 0.954. The van der Waals surface area contributed by atoms with Crippen LogP contribution < -0.4 is 0 Å². The topological polar surface area (TPSA) is 62.5 Å². The van der Waals surface area contributed by atoms with Crippen molar-refractivity contribution in [3.63, 3.8) is 0 Å². The molecule has 0 saturated heterocycles. The van der Waals surface area contributed by atoms with E-state index in [2.05, 4.69) is 15.0 Å². The van der Waals surface area contributed by atoms with Gasteiger partial charge in [-0.25, -0.2) is 0 Å². The molecular weight excluding hydrogens is 255 g/mol. The number of hydrogen-bond acceptors (Lipinski definition) is 5. The Labute approximate surface area is 99.2 Å². The van der Waals surface area contributed by atoms with Gasteiger partial charge in [0.05, 0.1) is 4.88 Å². The Morgan fingerprint density at radius 1 is 1.13 bits per heavy atom. The van der Waals surface area contributed by atoms with Gasteiger partial charge in [0.25, 0.3) is 0 Å². The van der Waals surface area contributed by atoms with Crippen LogP contribution in [-0.2, 0) is 0 Å². The highest BCUT2D eigenvalue weighted by Gasteiger charge is 2.08. The highest BCUT2D eigenvalue weighted by atomic mass is 35.5. The van der Waals surface area contributed by atoms with Crippen LogP contribution in [0.2, 0.25) is 10.6 Å². The van der Waals surface area contributed by atoms with Crippen LogP contribution >= 0.6 is 34.5 Å². The molecule has 0 radical (unpaired) electrons. The Hall–Kier alpha value is -1.22. The van der Waals surface area contributed by atoms with Crippen molar-refractivity contribution in [1.82, 2.24) is 15.0 Å². The maximum atomic E-state index is 8.66. The predicted molar refractivity (Wildman–Crippen MR) is 57.9 cm³/mol. The molecule has 0 N–H and O–H groups in total. The summed E-state index contributed by atoms with van der Waals surface area (Å²) < 4.78 is 0. The fourth-order valence-corrected chi connectivity index (χ4v) is 2.06. The fraction of sp³-hybridized carbons (Fsp3) is 0. The van der Waals surface area contributed by atoms with Gasteiger partial charge in [0.15, 0.2) is 5.82 Å². The molecule has 2 aromatic rings. The van der Waals surface area contributed by atoms with Crippen molar-refractivity contribution in [1.29, 1.82) is 5.26 Å². The van der Waals surface area contributed by atoms with E-state index in [1.54, 1.807) is 12.1 Å². The second kappa shape index (κ2) is 4.11. The molecule has 2 aromatic heterocycles. The molecule has 0 saturated carbocycles. The number of hydrogen-bond donors (Lipinski definition) is 0. The third-order valence-electron chi connectivity index (χ3n) is 1.52. The van der Waals surface area contributed by atoms with E-state index in [-0.39, 0.29) is 10.6 Å². The van der Waals surface area contributed by atoms with Crippen LogP contribution in [0, 0.1) is 11.3 Å². The first-order chi connectivity index (χ1) is 7.19. The van der Waals surface area contributed by atoms with Gasteiger partial charge < -0.3 is 0 Å². The second-order valence-electron chi connectivity index (χ2n) is 2.47. The number of aromatic nitrogens is 3. The molecule has 0 atom stereocenters. The van der Waals surface area contributed by atoms with Crippen molar-refractivity contribution >= 4 is 34.5 Å². The summed E-state index contributed by atoms with van der Waals surface area (Å²) in [5.41, 5.74) is 0. The van der Waals surface area contributed by atoms with Crippen molar-refractivity contribution in [3.8, 4) is 16.8 Å². The highest BCUT2D eigenvalue weighted by molar-refractivity contribution is 7.15. The minimum atomic E-state index is 0.0388. The molecule has 15 heavy (non-hydrogen) atoms. The third-order valence-corrected chi connectivity index (χ3v) is 2.84. The second-order valence-corrected chi connectivity index (χ2v) is 4.23. The zero-order chi connectivity index (χ0) is 10.8. The van der Waals surface area contributed by atoms with E-state index in [1.165, 1.54) is 11.3 Å². The van der Waals surface area contributed by atoms with E-state index in [0.717, 1.165) is 4.88 Å². The predicted octanol–water partition coefficient (Wildman–Crippen LogP) is 2.78. The lowest BCUT2D eigenvalue weighted by Crippen LogP contribution is -1.91. The van der Waals surface area contributed by atoms with Crippen molar-refractivity contribution < 1.29 is 0 Å². The van der Waals surface area contributed by atoms with E-state index in [9.17, 15) is 0 Å². The smallest absolute Gasteiger partial charge is 0.197 e. The number of nitrogens with zero attached hydrogens (tertiary/aromatic N) is 4. The first kappa shape index (κ1) is 10.3. The van der Waals surface area contributed by atoms with Crippen molar-refractivity contribution in [3.05, 3.63) is 27.6 Å². The maximum Gasteiger partial charge on any atom is 0.227 e. The van der Waals surface area contributed by atoms with E-state index in [0.29, 0.717) is 10.7 Å². The molecule has 0 aromatic carbocycles. The van der Waals surface area contributed by atoms with Crippen LogP contribution in [0.1, 0.15) is 4.88 Å². The normalized spacial score (nSPS) is 9.93. The van der Waals surface area contributed by atoms with Crippen molar-refractivity contribution in [2.24, 2.45) is 0 Å². The summed E-state index contributed by atoms with van der Waals surface area (Å²) in [6.07, 6.45) is 0. The molecule has 2 rings (SSSR count). The largest absolute Gasteiger partial charge is 0.227 e. The Bertz CT molecular complexity index is 526. The van der Waals surface area contributed by atoms with Crippen LogP contribution in [0.4, 0.5) is 0 Å². The molecule has 0 spiro atoms. The zero-order valence-corrected chi connectivity index (χ0v) is 9.44. The summed E-state index contributed by atoms with van der Waals surface area (Å²) in [5, 5.41) is 8.74. The van der Waals surface area contributed by atoms with E-state index in [4.69, 9.17) is 28.5 Å². The lowest BCUT2D eigenvalue weighted by molar-refractivity contribution is 1.06. The standard InChI is InChI=1S/C8H2Cl2N4S/c9-7-12-6(13-8(10)14-7)5-2-1-4(3-11)15-5/h1-2H. The Morgan fingerprint density at radius 2 is 1.80 bits per heavy atom. The van der Waals surface area contributed by atoms with Gasteiger partial charge in [-0.2, -0.15) is 20.2 Å². The molecule has 0 aliphatic carbocycles. The van der Waals surface area contributed by atoms with Gasteiger partial charge in [0.2, 0.25) is 10.6 Å². The molecule has 0 fully saturated rings. The summed E-state index contributed by atoms with van der Waals surface area (Å²) in [4.78, 5) is 12.8. The van der Waals surface area contributed by atoms with Crippen LogP contribution in [0.25, 0.3) is 10.7 Å². The molecule has 0 amide bonds. The van der Waals surface area contributed by atoms with Gasteiger partial charge >= 0.3 is 0 Å². The summed E-state index contributed by atoms with van der Waals surface area (Å²) in [6.45, 7) is 0. The lowest BCUT2D eigenvalue weighted by atomic mass is 10.4. The van der Waals surface area contributed by atoms with Crippen LogP contribution in [0.3, 0.4) is 0 Å².